The van der Waals surface area contributed by atoms with Crippen LogP contribution in [0.3, 0.4) is 0 Å². The Morgan fingerprint density at radius 3 is 2.86 bits per heavy atom. The molecular weight excluding hydrogens is 254 g/mol. The Hall–Kier alpha value is -1.63. The smallest absolute Gasteiger partial charge is 0.0731 e. The first-order valence-electron chi connectivity index (χ1n) is 8.27. The van der Waals surface area contributed by atoms with E-state index in [9.17, 15) is 0 Å². The number of hydrogen-bond acceptors (Lipinski definition) is 1. The highest BCUT2D eigenvalue weighted by atomic mass is 14.7. The van der Waals surface area contributed by atoms with Crippen LogP contribution in [0.5, 0.6) is 0 Å². The first-order chi connectivity index (χ1) is 10.2. The summed E-state index contributed by atoms with van der Waals surface area (Å²) in [7, 11) is 0. The maximum atomic E-state index is 4.64. The molecule has 0 aliphatic heterocycles. The molecule has 0 saturated heterocycles. The highest BCUT2D eigenvalue weighted by molar-refractivity contribution is 5.84. The van der Waals surface area contributed by atoms with Gasteiger partial charge in [0, 0.05) is 11.6 Å². The lowest BCUT2D eigenvalue weighted by atomic mass is 9.84. The quantitative estimate of drug-likeness (QED) is 0.677. The first kappa shape index (κ1) is 14.3. The summed E-state index contributed by atoms with van der Waals surface area (Å²) in [6.45, 7) is 6.42. The summed E-state index contributed by atoms with van der Waals surface area (Å²) < 4.78 is 0. The Kier molecular flexibility index (Phi) is 4.38. The van der Waals surface area contributed by atoms with E-state index in [-0.39, 0.29) is 0 Å². The van der Waals surface area contributed by atoms with Gasteiger partial charge in [-0.1, -0.05) is 56.9 Å². The van der Waals surface area contributed by atoms with Crippen LogP contribution < -0.4 is 0 Å². The molecule has 1 fully saturated rings. The van der Waals surface area contributed by atoms with Gasteiger partial charge in [-0.25, -0.2) is 0 Å². The fourth-order valence-corrected chi connectivity index (χ4v) is 3.51. The second kappa shape index (κ2) is 6.43. The molecule has 0 N–H and O–H groups in total. The van der Waals surface area contributed by atoms with Crippen molar-refractivity contribution in [3.8, 4) is 0 Å². The molecule has 0 bridgehead atoms. The van der Waals surface area contributed by atoms with Crippen LogP contribution in [0.15, 0.2) is 37.0 Å². The first-order valence-corrected chi connectivity index (χ1v) is 8.27. The second-order valence-corrected chi connectivity index (χ2v) is 6.52. The average molecular weight is 279 g/mol. The van der Waals surface area contributed by atoms with Crippen molar-refractivity contribution in [2.75, 3.05) is 0 Å². The van der Waals surface area contributed by atoms with E-state index in [0.29, 0.717) is 0 Å². The maximum Gasteiger partial charge on any atom is 0.0731 e. The lowest BCUT2D eigenvalue weighted by molar-refractivity contribution is 0.342. The molecule has 1 aromatic carbocycles. The molecule has 0 spiro atoms. The third-order valence-corrected chi connectivity index (χ3v) is 4.90. The number of hydrogen-bond donors (Lipinski definition) is 0. The number of aryl methyl sites for hydroxylation is 1. The molecule has 0 unspecified atom stereocenters. The topological polar surface area (TPSA) is 12.9 Å². The highest BCUT2D eigenvalue weighted by Gasteiger charge is 2.14. The highest BCUT2D eigenvalue weighted by Crippen LogP contribution is 2.30. The Morgan fingerprint density at radius 2 is 2.05 bits per heavy atom. The minimum atomic E-state index is 0.922. The minimum absolute atomic E-state index is 0.922. The third-order valence-electron chi connectivity index (χ3n) is 4.90. The zero-order valence-corrected chi connectivity index (χ0v) is 13.1. The number of fused-ring (bicyclic) bond motifs is 1. The summed E-state index contributed by atoms with van der Waals surface area (Å²) in [4.78, 5) is 4.64. The van der Waals surface area contributed by atoms with Crippen molar-refractivity contribution < 1.29 is 0 Å². The number of allylic oxidation sites excluding steroid dienone is 1. The SMILES string of the molecule is C=C(CCC1CCCCC1)c1cnc2c(C)cccc2c1. The summed E-state index contributed by atoms with van der Waals surface area (Å²) >= 11 is 0. The monoisotopic (exact) mass is 279 g/mol. The van der Waals surface area contributed by atoms with Crippen molar-refractivity contribution in [3.63, 3.8) is 0 Å². The van der Waals surface area contributed by atoms with E-state index < -0.39 is 0 Å². The fraction of sp³-hybridized carbons (Fsp3) is 0.450. The zero-order valence-electron chi connectivity index (χ0n) is 13.1. The molecule has 1 aliphatic carbocycles. The molecule has 0 amide bonds. The average Bonchev–Trinajstić information content (AvgIpc) is 2.53. The predicted octanol–water partition coefficient (Wildman–Crippen LogP) is 5.92. The number of para-hydroxylation sites is 1. The summed E-state index contributed by atoms with van der Waals surface area (Å²) in [5.41, 5.74) is 4.81. The molecule has 0 radical (unpaired) electrons. The molecule has 1 nitrogen and oxygen atoms in total. The van der Waals surface area contributed by atoms with Gasteiger partial charge in [0.25, 0.3) is 0 Å². The van der Waals surface area contributed by atoms with Crippen LogP contribution in [-0.2, 0) is 0 Å². The van der Waals surface area contributed by atoms with Gasteiger partial charge in [0.1, 0.15) is 0 Å². The van der Waals surface area contributed by atoms with Gasteiger partial charge in [-0.3, -0.25) is 4.98 Å². The van der Waals surface area contributed by atoms with Crippen molar-refractivity contribution in [2.45, 2.75) is 51.9 Å². The fourth-order valence-electron chi connectivity index (χ4n) is 3.51. The Labute approximate surface area is 128 Å². The van der Waals surface area contributed by atoms with Gasteiger partial charge in [0.05, 0.1) is 5.52 Å². The molecule has 3 rings (SSSR count). The van der Waals surface area contributed by atoms with Crippen LogP contribution >= 0.6 is 0 Å². The van der Waals surface area contributed by atoms with Gasteiger partial charge in [-0.05, 0) is 48.4 Å². The van der Waals surface area contributed by atoms with Gasteiger partial charge in [-0.15, -0.1) is 0 Å². The van der Waals surface area contributed by atoms with E-state index in [1.54, 1.807) is 0 Å². The molecule has 0 atom stereocenters. The molecular formula is C20H25N. The van der Waals surface area contributed by atoms with Crippen molar-refractivity contribution in [1.29, 1.82) is 0 Å². The largest absolute Gasteiger partial charge is 0.255 e. The Morgan fingerprint density at radius 1 is 1.24 bits per heavy atom. The van der Waals surface area contributed by atoms with Crippen LogP contribution in [0, 0.1) is 12.8 Å². The van der Waals surface area contributed by atoms with Crippen LogP contribution in [0.25, 0.3) is 16.5 Å². The van der Waals surface area contributed by atoms with Gasteiger partial charge in [-0.2, -0.15) is 0 Å². The number of aromatic nitrogens is 1. The van der Waals surface area contributed by atoms with Crippen molar-refractivity contribution in [2.24, 2.45) is 5.92 Å². The normalized spacial score (nSPS) is 16.2. The third kappa shape index (κ3) is 3.34. The summed E-state index contributed by atoms with van der Waals surface area (Å²) in [6, 6.07) is 8.62. The molecule has 2 aromatic rings. The van der Waals surface area contributed by atoms with Crippen LogP contribution in [0.2, 0.25) is 0 Å². The molecule has 21 heavy (non-hydrogen) atoms. The Bertz CT molecular complexity index is 635. The molecule has 1 saturated carbocycles. The van der Waals surface area contributed by atoms with E-state index in [1.165, 1.54) is 60.6 Å². The van der Waals surface area contributed by atoms with Crippen molar-refractivity contribution in [3.05, 3.63) is 48.2 Å². The van der Waals surface area contributed by atoms with E-state index in [1.807, 2.05) is 6.20 Å². The number of benzene rings is 1. The molecule has 110 valence electrons. The molecule has 1 aliphatic rings. The molecule has 1 heterocycles. The van der Waals surface area contributed by atoms with Crippen LogP contribution in [-0.4, -0.2) is 4.98 Å². The maximum absolute atomic E-state index is 4.64. The van der Waals surface area contributed by atoms with Gasteiger partial charge in [0.2, 0.25) is 0 Å². The van der Waals surface area contributed by atoms with Crippen molar-refractivity contribution in [1.82, 2.24) is 4.98 Å². The van der Waals surface area contributed by atoms with Gasteiger partial charge in [0.15, 0.2) is 0 Å². The van der Waals surface area contributed by atoms with E-state index in [4.69, 9.17) is 0 Å². The summed E-state index contributed by atoms with van der Waals surface area (Å²) in [6.07, 6.45) is 11.5. The van der Waals surface area contributed by atoms with Gasteiger partial charge < -0.3 is 0 Å². The van der Waals surface area contributed by atoms with Gasteiger partial charge >= 0.3 is 0 Å². The summed E-state index contributed by atoms with van der Waals surface area (Å²) in [5.74, 6) is 0.922. The van der Waals surface area contributed by atoms with E-state index >= 15 is 0 Å². The van der Waals surface area contributed by atoms with Crippen molar-refractivity contribution >= 4 is 16.5 Å². The van der Waals surface area contributed by atoms with Crippen LogP contribution in [0.1, 0.15) is 56.1 Å². The molecule has 1 heteroatoms. The zero-order chi connectivity index (χ0) is 14.7. The number of nitrogens with zero attached hydrogens (tertiary/aromatic N) is 1. The lowest BCUT2D eigenvalue weighted by Crippen LogP contribution is -2.06. The lowest BCUT2D eigenvalue weighted by Gasteiger charge is -2.21. The summed E-state index contributed by atoms with van der Waals surface area (Å²) in [5, 5.41) is 1.23. The predicted molar refractivity (Wildman–Crippen MR) is 91.3 cm³/mol. The Balaban J connectivity index is 1.69. The number of rotatable bonds is 4. The molecule has 1 aromatic heterocycles. The standard InChI is InChI=1S/C20H25N/c1-15(11-12-17-8-4-3-5-9-17)19-13-18-10-6-7-16(2)20(18)21-14-19/h6-7,10,13-14,17H,1,3-5,8-9,11-12H2,2H3. The van der Waals surface area contributed by atoms with Crippen LogP contribution in [0.4, 0.5) is 0 Å². The van der Waals surface area contributed by atoms with E-state index in [0.717, 1.165) is 17.9 Å². The second-order valence-electron chi connectivity index (χ2n) is 6.52. The number of pyridine rings is 1. The van der Waals surface area contributed by atoms with E-state index in [2.05, 4.69) is 42.8 Å². The minimum Gasteiger partial charge on any atom is -0.255 e.